The molecule has 2 aromatic rings. The van der Waals surface area contributed by atoms with Crippen molar-refractivity contribution in [3.63, 3.8) is 0 Å². The molecular weight excluding hydrogens is 308 g/mol. The largest absolute Gasteiger partial charge is 0.497 e. The Balaban J connectivity index is 2.08. The van der Waals surface area contributed by atoms with Crippen LogP contribution in [0, 0.1) is 6.92 Å². The monoisotopic (exact) mass is 328 g/mol. The summed E-state index contributed by atoms with van der Waals surface area (Å²) in [5, 5.41) is 0. The number of carbonyl (C=O) groups is 2. The molecule has 0 aliphatic carbocycles. The van der Waals surface area contributed by atoms with Gasteiger partial charge in [0.05, 0.1) is 19.8 Å². The lowest BCUT2D eigenvalue weighted by Gasteiger charge is -2.13. The van der Waals surface area contributed by atoms with Crippen LogP contribution in [0.3, 0.4) is 0 Å². The third-order valence-corrected chi connectivity index (χ3v) is 3.67. The van der Waals surface area contributed by atoms with Crippen molar-refractivity contribution in [2.75, 3.05) is 14.2 Å². The summed E-state index contributed by atoms with van der Waals surface area (Å²) in [6.07, 6.45) is -0.891. The van der Waals surface area contributed by atoms with Crippen molar-refractivity contribution in [3.05, 3.63) is 59.2 Å². The number of esters is 1. The molecule has 5 nitrogen and oxygen atoms in total. The molecule has 1 atom stereocenters. The molecule has 0 heterocycles. The van der Waals surface area contributed by atoms with Gasteiger partial charge in [0, 0.05) is 5.56 Å². The fourth-order valence-electron chi connectivity index (χ4n) is 2.22. The highest BCUT2D eigenvalue weighted by atomic mass is 16.5. The summed E-state index contributed by atoms with van der Waals surface area (Å²) in [6, 6.07) is 11.7. The van der Waals surface area contributed by atoms with E-state index in [1.54, 1.807) is 56.5 Å². The Morgan fingerprint density at radius 1 is 0.917 bits per heavy atom. The van der Waals surface area contributed by atoms with Crippen LogP contribution in [0.2, 0.25) is 0 Å². The van der Waals surface area contributed by atoms with E-state index < -0.39 is 12.1 Å². The zero-order valence-electron chi connectivity index (χ0n) is 14.2. The predicted molar refractivity (Wildman–Crippen MR) is 89.9 cm³/mol. The van der Waals surface area contributed by atoms with E-state index in [1.165, 1.54) is 7.11 Å². The lowest BCUT2D eigenvalue weighted by Crippen LogP contribution is -2.24. The standard InChI is InChI=1S/C19H20O5/c1-12-5-6-15(11-17(12)23-4)19(21)24-13(2)18(20)14-7-9-16(22-3)10-8-14/h5-11,13H,1-4H3/t13-/m0/s1. The van der Waals surface area contributed by atoms with E-state index in [-0.39, 0.29) is 5.78 Å². The van der Waals surface area contributed by atoms with Crippen LogP contribution in [0.15, 0.2) is 42.5 Å². The summed E-state index contributed by atoms with van der Waals surface area (Å²) < 4.78 is 15.5. The Labute approximate surface area is 141 Å². The fourth-order valence-corrected chi connectivity index (χ4v) is 2.22. The van der Waals surface area contributed by atoms with Gasteiger partial charge in [-0.05, 0) is 55.8 Å². The Kier molecular flexibility index (Phi) is 5.58. The van der Waals surface area contributed by atoms with Gasteiger partial charge in [-0.15, -0.1) is 0 Å². The second-order valence-electron chi connectivity index (χ2n) is 5.32. The molecule has 0 unspecified atom stereocenters. The molecule has 0 aliphatic rings. The first-order valence-electron chi connectivity index (χ1n) is 7.50. The van der Waals surface area contributed by atoms with Crippen LogP contribution in [0.25, 0.3) is 0 Å². The minimum atomic E-state index is -0.891. The van der Waals surface area contributed by atoms with Crippen LogP contribution in [-0.2, 0) is 4.74 Å². The highest BCUT2D eigenvalue weighted by molar-refractivity contribution is 6.01. The molecule has 0 aliphatic heterocycles. The number of ether oxygens (including phenoxy) is 3. The zero-order chi connectivity index (χ0) is 17.7. The van der Waals surface area contributed by atoms with Crippen molar-refractivity contribution in [2.24, 2.45) is 0 Å². The first-order chi connectivity index (χ1) is 11.5. The second-order valence-corrected chi connectivity index (χ2v) is 5.32. The number of Topliss-reactive ketones (excluding diaryl/α,β-unsaturated/α-hetero) is 1. The minimum Gasteiger partial charge on any atom is -0.497 e. The van der Waals surface area contributed by atoms with Crippen molar-refractivity contribution in [3.8, 4) is 11.5 Å². The topological polar surface area (TPSA) is 61.8 Å². The average molecular weight is 328 g/mol. The van der Waals surface area contributed by atoms with E-state index in [0.29, 0.717) is 22.6 Å². The number of carbonyl (C=O) groups excluding carboxylic acids is 2. The summed E-state index contributed by atoms with van der Waals surface area (Å²) >= 11 is 0. The quantitative estimate of drug-likeness (QED) is 0.600. The van der Waals surface area contributed by atoms with E-state index in [1.807, 2.05) is 6.92 Å². The van der Waals surface area contributed by atoms with Crippen molar-refractivity contribution < 1.29 is 23.8 Å². The first-order valence-corrected chi connectivity index (χ1v) is 7.50. The normalized spacial score (nSPS) is 11.5. The summed E-state index contributed by atoms with van der Waals surface area (Å²) in [5.41, 5.74) is 1.71. The van der Waals surface area contributed by atoms with Gasteiger partial charge >= 0.3 is 5.97 Å². The number of ketones is 1. The lowest BCUT2D eigenvalue weighted by atomic mass is 10.1. The zero-order valence-corrected chi connectivity index (χ0v) is 14.2. The summed E-state index contributed by atoms with van der Waals surface area (Å²) in [6.45, 7) is 3.43. The molecule has 0 aromatic heterocycles. The molecule has 126 valence electrons. The van der Waals surface area contributed by atoms with Gasteiger partial charge in [-0.2, -0.15) is 0 Å². The maximum atomic E-state index is 12.3. The van der Waals surface area contributed by atoms with Crippen molar-refractivity contribution in [1.29, 1.82) is 0 Å². The Bertz CT molecular complexity index is 734. The molecule has 0 amide bonds. The summed E-state index contributed by atoms with van der Waals surface area (Å²) in [7, 11) is 3.09. The van der Waals surface area contributed by atoms with E-state index in [4.69, 9.17) is 14.2 Å². The number of rotatable bonds is 6. The van der Waals surface area contributed by atoms with Gasteiger partial charge in [-0.1, -0.05) is 6.07 Å². The second kappa shape index (κ2) is 7.64. The summed E-state index contributed by atoms with van der Waals surface area (Å²) in [5.74, 6) is 0.411. The van der Waals surface area contributed by atoms with Crippen molar-refractivity contribution >= 4 is 11.8 Å². The van der Waals surface area contributed by atoms with Crippen LogP contribution < -0.4 is 9.47 Å². The van der Waals surface area contributed by atoms with Crippen LogP contribution in [0.5, 0.6) is 11.5 Å². The van der Waals surface area contributed by atoms with Crippen LogP contribution in [0.1, 0.15) is 33.2 Å². The predicted octanol–water partition coefficient (Wildman–Crippen LogP) is 3.44. The average Bonchev–Trinajstić information content (AvgIpc) is 2.61. The number of benzene rings is 2. The van der Waals surface area contributed by atoms with Gasteiger partial charge in [-0.25, -0.2) is 4.79 Å². The van der Waals surface area contributed by atoms with E-state index >= 15 is 0 Å². The van der Waals surface area contributed by atoms with Crippen LogP contribution in [0.4, 0.5) is 0 Å². The molecule has 24 heavy (non-hydrogen) atoms. The van der Waals surface area contributed by atoms with Crippen molar-refractivity contribution in [1.82, 2.24) is 0 Å². The lowest BCUT2D eigenvalue weighted by molar-refractivity contribution is 0.0318. The smallest absolute Gasteiger partial charge is 0.338 e. The number of methoxy groups -OCH3 is 2. The molecule has 2 rings (SSSR count). The molecule has 0 radical (unpaired) electrons. The van der Waals surface area contributed by atoms with Crippen LogP contribution in [-0.4, -0.2) is 32.1 Å². The molecule has 0 bridgehead atoms. The molecule has 5 heteroatoms. The van der Waals surface area contributed by atoms with Gasteiger partial charge in [0.1, 0.15) is 11.5 Å². The molecule has 2 aromatic carbocycles. The Morgan fingerprint density at radius 3 is 2.12 bits per heavy atom. The molecule has 0 fully saturated rings. The highest BCUT2D eigenvalue weighted by Gasteiger charge is 2.21. The number of hydrogen-bond acceptors (Lipinski definition) is 5. The number of aryl methyl sites for hydroxylation is 1. The van der Waals surface area contributed by atoms with E-state index in [0.717, 1.165) is 5.56 Å². The van der Waals surface area contributed by atoms with Gasteiger partial charge in [-0.3, -0.25) is 4.79 Å². The molecular formula is C19H20O5. The first kappa shape index (κ1) is 17.5. The number of hydrogen-bond donors (Lipinski definition) is 0. The molecule has 0 spiro atoms. The molecule has 0 N–H and O–H groups in total. The molecule has 0 saturated heterocycles. The Morgan fingerprint density at radius 2 is 1.54 bits per heavy atom. The Hall–Kier alpha value is -2.82. The highest BCUT2D eigenvalue weighted by Crippen LogP contribution is 2.20. The van der Waals surface area contributed by atoms with E-state index in [9.17, 15) is 9.59 Å². The minimum absolute atomic E-state index is 0.273. The third kappa shape index (κ3) is 3.93. The van der Waals surface area contributed by atoms with Crippen molar-refractivity contribution in [2.45, 2.75) is 20.0 Å². The maximum Gasteiger partial charge on any atom is 0.338 e. The SMILES string of the molecule is COc1ccc(C(=O)[C@H](C)OC(=O)c2ccc(C)c(OC)c2)cc1. The van der Waals surface area contributed by atoms with Crippen LogP contribution >= 0.6 is 0 Å². The van der Waals surface area contributed by atoms with Gasteiger partial charge in [0.2, 0.25) is 5.78 Å². The van der Waals surface area contributed by atoms with E-state index in [2.05, 4.69) is 0 Å². The van der Waals surface area contributed by atoms with Gasteiger partial charge in [0.25, 0.3) is 0 Å². The summed E-state index contributed by atoms with van der Waals surface area (Å²) in [4.78, 5) is 24.6. The van der Waals surface area contributed by atoms with Gasteiger partial charge < -0.3 is 14.2 Å². The fraction of sp³-hybridized carbons (Fsp3) is 0.263. The third-order valence-electron chi connectivity index (χ3n) is 3.67. The van der Waals surface area contributed by atoms with Gasteiger partial charge in [0.15, 0.2) is 6.10 Å². The maximum absolute atomic E-state index is 12.3. The molecule has 0 saturated carbocycles.